The standard InChI is InChI=1S/C11H16O4S/c1-16(13,14)11-6-4-5-10(9-11)15-8-3-2-7-12/h4-6,9,12H,2-3,7-8H2,1H3. The van der Waals surface area contributed by atoms with E-state index in [2.05, 4.69) is 0 Å². The molecular formula is C11H16O4S. The molecule has 5 heteroatoms. The first-order valence-electron chi connectivity index (χ1n) is 5.08. The SMILES string of the molecule is CS(=O)(=O)c1cccc(OCCCCO)c1. The van der Waals surface area contributed by atoms with Crippen molar-refractivity contribution < 1.29 is 18.3 Å². The minimum Gasteiger partial charge on any atom is -0.494 e. The van der Waals surface area contributed by atoms with Gasteiger partial charge in [-0.05, 0) is 31.0 Å². The fourth-order valence-electron chi connectivity index (χ4n) is 1.20. The Balaban J connectivity index is 2.62. The summed E-state index contributed by atoms with van der Waals surface area (Å²) >= 11 is 0. The molecule has 0 amide bonds. The minimum atomic E-state index is -3.18. The summed E-state index contributed by atoms with van der Waals surface area (Å²) in [5.41, 5.74) is 0. The number of ether oxygens (including phenoxy) is 1. The van der Waals surface area contributed by atoms with E-state index in [1.807, 2.05) is 0 Å². The largest absolute Gasteiger partial charge is 0.494 e. The number of aliphatic hydroxyl groups excluding tert-OH is 1. The van der Waals surface area contributed by atoms with E-state index in [4.69, 9.17) is 9.84 Å². The normalized spacial score (nSPS) is 11.4. The van der Waals surface area contributed by atoms with Crippen molar-refractivity contribution in [3.63, 3.8) is 0 Å². The Morgan fingerprint density at radius 1 is 1.31 bits per heavy atom. The van der Waals surface area contributed by atoms with Gasteiger partial charge in [-0.1, -0.05) is 6.07 Å². The van der Waals surface area contributed by atoms with Crippen LogP contribution in [0.15, 0.2) is 29.2 Å². The second-order valence-corrected chi connectivity index (χ2v) is 5.54. The van der Waals surface area contributed by atoms with Crippen molar-refractivity contribution in [3.05, 3.63) is 24.3 Å². The molecule has 0 aliphatic rings. The quantitative estimate of drug-likeness (QED) is 0.765. The van der Waals surface area contributed by atoms with Crippen LogP contribution in [-0.4, -0.2) is 33.0 Å². The third-order valence-corrected chi connectivity index (χ3v) is 3.17. The van der Waals surface area contributed by atoms with Crippen LogP contribution in [0.3, 0.4) is 0 Å². The zero-order valence-corrected chi connectivity index (χ0v) is 10.0. The summed E-state index contributed by atoms with van der Waals surface area (Å²) in [5, 5.41) is 8.58. The molecule has 0 fully saturated rings. The number of aliphatic hydroxyl groups is 1. The van der Waals surface area contributed by atoms with Gasteiger partial charge in [-0.2, -0.15) is 0 Å². The number of rotatable bonds is 6. The van der Waals surface area contributed by atoms with Crippen molar-refractivity contribution in [2.75, 3.05) is 19.5 Å². The van der Waals surface area contributed by atoms with Gasteiger partial charge in [0.25, 0.3) is 0 Å². The predicted molar refractivity (Wildman–Crippen MR) is 61.4 cm³/mol. The molecule has 4 nitrogen and oxygen atoms in total. The lowest BCUT2D eigenvalue weighted by molar-refractivity contribution is 0.253. The topological polar surface area (TPSA) is 63.6 Å². The van der Waals surface area contributed by atoms with Gasteiger partial charge < -0.3 is 9.84 Å². The Bertz CT molecular complexity index is 425. The van der Waals surface area contributed by atoms with E-state index in [9.17, 15) is 8.42 Å². The van der Waals surface area contributed by atoms with Crippen LogP contribution in [0.1, 0.15) is 12.8 Å². The zero-order chi connectivity index (χ0) is 12.0. The van der Waals surface area contributed by atoms with Gasteiger partial charge >= 0.3 is 0 Å². The smallest absolute Gasteiger partial charge is 0.175 e. The highest BCUT2D eigenvalue weighted by atomic mass is 32.2. The van der Waals surface area contributed by atoms with Crippen LogP contribution in [0.25, 0.3) is 0 Å². The first-order chi connectivity index (χ1) is 7.54. The lowest BCUT2D eigenvalue weighted by Crippen LogP contribution is -2.01. The number of hydrogen-bond acceptors (Lipinski definition) is 4. The monoisotopic (exact) mass is 244 g/mol. The average Bonchev–Trinajstić information content (AvgIpc) is 2.24. The molecule has 0 aromatic heterocycles. The minimum absolute atomic E-state index is 0.146. The van der Waals surface area contributed by atoms with Gasteiger partial charge in [0.2, 0.25) is 0 Å². The summed E-state index contributed by atoms with van der Waals surface area (Å²) in [4.78, 5) is 0.257. The van der Waals surface area contributed by atoms with Crippen LogP contribution in [0, 0.1) is 0 Å². The van der Waals surface area contributed by atoms with Gasteiger partial charge in [0.15, 0.2) is 9.84 Å². The predicted octanol–water partition coefficient (Wildman–Crippen LogP) is 1.24. The first kappa shape index (κ1) is 13.0. The molecule has 0 bridgehead atoms. The van der Waals surface area contributed by atoms with Crippen molar-refractivity contribution in [2.24, 2.45) is 0 Å². The van der Waals surface area contributed by atoms with Crippen LogP contribution in [0.5, 0.6) is 5.75 Å². The summed E-state index contributed by atoms with van der Waals surface area (Å²) in [6.07, 6.45) is 2.60. The van der Waals surface area contributed by atoms with Crippen molar-refractivity contribution in [1.29, 1.82) is 0 Å². The van der Waals surface area contributed by atoms with Gasteiger partial charge in [0.05, 0.1) is 11.5 Å². The number of benzene rings is 1. The van der Waals surface area contributed by atoms with Crippen molar-refractivity contribution in [2.45, 2.75) is 17.7 Å². The van der Waals surface area contributed by atoms with E-state index < -0.39 is 9.84 Å². The Morgan fingerprint density at radius 2 is 2.06 bits per heavy atom. The summed E-state index contributed by atoms with van der Waals surface area (Å²) in [6.45, 7) is 0.626. The van der Waals surface area contributed by atoms with E-state index in [-0.39, 0.29) is 11.5 Å². The highest BCUT2D eigenvalue weighted by Gasteiger charge is 2.07. The molecule has 90 valence electrons. The van der Waals surface area contributed by atoms with Crippen LogP contribution in [0.4, 0.5) is 0 Å². The molecule has 1 N–H and O–H groups in total. The molecule has 0 saturated carbocycles. The average molecular weight is 244 g/mol. The molecule has 16 heavy (non-hydrogen) atoms. The molecule has 0 radical (unpaired) electrons. The Morgan fingerprint density at radius 3 is 2.69 bits per heavy atom. The van der Waals surface area contributed by atoms with E-state index in [0.29, 0.717) is 18.8 Å². The molecule has 1 aromatic carbocycles. The first-order valence-corrected chi connectivity index (χ1v) is 6.97. The molecule has 0 aliphatic carbocycles. The molecule has 0 heterocycles. The van der Waals surface area contributed by atoms with Crippen molar-refractivity contribution in [1.82, 2.24) is 0 Å². The second kappa shape index (κ2) is 5.86. The number of hydrogen-bond donors (Lipinski definition) is 1. The third-order valence-electron chi connectivity index (χ3n) is 2.05. The van der Waals surface area contributed by atoms with E-state index in [1.165, 1.54) is 12.1 Å². The lowest BCUT2D eigenvalue weighted by atomic mass is 10.3. The van der Waals surface area contributed by atoms with Crippen LogP contribution < -0.4 is 4.74 Å². The Hall–Kier alpha value is -1.07. The van der Waals surface area contributed by atoms with Gasteiger partial charge in [-0.3, -0.25) is 0 Å². The number of unbranched alkanes of at least 4 members (excludes halogenated alkanes) is 1. The van der Waals surface area contributed by atoms with Gasteiger partial charge in [-0.25, -0.2) is 8.42 Å². The fourth-order valence-corrected chi connectivity index (χ4v) is 1.85. The maximum Gasteiger partial charge on any atom is 0.175 e. The van der Waals surface area contributed by atoms with Crippen molar-refractivity contribution >= 4 is 9.84 Å². The summed E-state index contributed by atoms with van der Waals surface area (Å²) in [5.74, 6) is 0.542. The van der Waals surface area contributed by atoms with E-state index >= 15 is 0 Å². The Kier molecular flexibility index (Phi) is 4.76. The van der Waals surface area contributed by atoms with E-state index in [1.54, 1.807) is 12.1 Å². The highest BCUT2D eigenvalue weighted by Crippen LogP contribution is 2.17. The zero-order valence-electron chi connectivity index (χ0n) is 9.22. The van der Waals surface area contributed by atoms with Crippen molar-refractivity contribution in [3.8, 4) is 5.75 Å². The molecule has 1 aromatic rings. The maximum atomic E-state index is 11.3. The molecule has 0 aliphatic heterocycles. The second-order valence-electron chi connectivity index (χ2n) is 3.53. The lowest BCUT2D eigenvalue weighted by Gasteiger charge is -2.06. The Labute approximate surface area is 95.8 Å². The molecule has 0 spiro atoms. The van der Waals surface area contributed by atoms with Crippen LogP contribution in [-0.2, 0) is 9.84 Å². The summed E-state index contributed by atoms with van der Waals surface area (Å²) < 4.78 is 27.9. The molecule has 0 atom stereocenters. The molecule has 1 rings (SSSR count). The summed E-state index contributed by atoms with van der Waals surface area (Å²) in [7, 11) is -3.18. The van der Waals surface area contributed by atoms with Crippen LogP contribution in [0.2, 0.25) is 0 Å². The highest BCUT2D eigenvalue weighted by molar-refractivity contribution is 7.90. The van der Waals surface area contributed by atoms with Gasteiger partial charge in [-0.15, -0.1) is 0 Å². The number of sulfone groups is 1. The van der Waals surface area contributed by atoms with Gasteiger partial charge in [0.1, 0.15) is 5.75 Å². The molecule has 0 saturated heterocycles. The van der Waals surface area contributed by atoms with Gasteiger partial charge in [0, 0.05) is 12.9 Å². The fraction of sp³-hybridized carbons (Fsp3) is 0.455. The molecular weight excluding hydrogens is 228 g/mol. The van der Waals surface area contributed by atoms with E-state index in [0.717, 1.165) is 12.7 Å². The third kappa shape index (κ3) is 4.20. The molecule has 0 unspecified atom stereocenters. The van der Waals surface area contributed by atoms with Crippen LogP contribution >= 0.6 is 0 Å². The maximum absolute atomic E-state index is 11.3. The summed E-state index contributed by atoms with van der Waals surface area (Å²) in [6, 6.07) is 6.41.